The van der Waals surface area contributed by atoms with Gasteiger partial charge in [0.2, 0.25) is 0 Å². The number of quaternary nitrogens is 1. The van der Waals surface area contributed by atoms with E-state index in [1.54, 1.807) is 7.11 Å². The highest BCUT2D eigenvalue weighted by Gasteiger charge is 2.17. The fourth-order valence-electron chi connectivity index (χ4n) is 3.09. The van der Waals surface area contributed by atoms with Gasteiger partial charge in [-0.2, -0.15) is 5.10 Å². The summed E-state index contributed by atoms with van der Waals surface area (Å²) < 4.78 is 11.0. The Morgan fingerprint density at radius 3 is 2.58 bits per heavy atom. The molecule has 0 aromatic heterocycles. The van der Waals surface area contributed by atoms with Crippen molar-refractivity contribution in [3.05, 3.63) is 59.2 Å². The average molecular weight is 354 g/mol. The number of morpholine rings is 1. The van der Waals surface area contributed by atoms with E-state index in [2.05, 4.69) is 41.7 Å². The van der Waals surface area contributed by atoms with E-state index in [0.717, 1.165) is 55.6 Å². The molecule has 0 atom stereocenters. The summed E-state index contributed by atoms with van der Waals surface area (Å²) in [6, 6.07) is 14.5. The van der Waals surface area contributed by atoms with Crippen LogP contribution in [-0.4, -0.2) is 39.1 Å². The Labute approximate surface area is 155 Å². The van der Waals surface area contributed by atoms with Gasteiger partial charge in [-0.05, 0) is 49.7 Å². The van der Waals surface area contributed by atoms with E-state index in [0.29, 0.717) is 0 Å². The van der Waals surface area contributed by atoms with E-state index in [9.17, 15) is 0 Å². The van der Waals surface area contributed by atoms with Gasteiger partial charge in [-0.1, -0.05) is 17.7 Å². The van der Waals surface area contributed by atoms with Crippen LogP contribution >= 0.6 is 0 Å². The number of nitrogens with one attached hydrogen (secondary N) is 2. The van der Waals surface area contributed by atoms with Crippen molar-refractivity contribution in [2.24, 2.45) is 5.10 Å². The number of aryl methyl sites for hydroxylation is 1. The van der Waals surface area contributed by atoms with Crippen LogP contribution in [0.25, 0.3) is 0 Å². The summed E-state index contributed by atoms with van der Waals surface area (Å²) in [5, 5.41) is 4.54. The second kappa shape index (κ2) is 8.83. The molecule has 5 nitrogen and oxygen atoms in total. The van der Waals surface area contributed by atoms with Crippen molar-refractivity contribution in [2.75, 3.05) is 38.8 Å². The largest absolute Gasteiger partial charge is 0.496 e. The first kappa shape index (κ1) is 18.4. The first-order valence-electron chi connectivity index (χ1n) is 9.11. The topological polar surface area (TPSA) is 47.3 Å². The zero-order valence-corrected chi connectivity index (χ0v) is 15.8. The van der Waals surface area contributed by atoms with Gasteiger partial charge in [0.15, 0.2) is 0 Å². The normalized spacial score (nSPS) is 15.7. The molecule has 0 unspecified atom stereocenters. The van der Waals surface area contributed by atoms with Crippen molar-refractivity contribution in [3.63, 3.8) is 0 Å². The summed E-state index contributed by atoms with van der Waals surface area (Å²) in [4.78, 5) is 1.53. The highest BCUT2D eigenvalue weighted by atomic mass is 16.5. The summed E-state index contributed by atoms with van der Waals surface area (Å²) in [7, 11) is 1.73. The number of hydrogen-bond acceptors (Lipinski definition) is 4. The molecule has 0 amide bonds. The number of hydrazone groups is 1. The molecule has 1 fully saturated rings. The van der Waals surface area contributed by atoms with Crippen LogP contribution in [0.4, 0.5) is 5.69 Å². The molecule has 1 aliphatic heterocycles. The van der Waals surface area contributed by atoms with Gasteiger partial charge in [0, 0.05) is 5.56 Å². The zero-order valence-electron chi connectivity index (χ0n) is 15.8. The fraction of sp³-hybridized carbons (Fsp3) is 0.381. The van der Waals surface area contributed by atoms with Crippen molar-refractivity contribution in [3.8, 4) is 5.75 Å². The van der Waals surface area contributed by atoms with Gasteiger partial charge in [0.1, 0.15) is 25.4 Å². The maximum atomic E-state index is 5.56. The molecule has 3 rings (SSSR count). The molecule has 2 aromatic rings. The summed E-state index contributed by atoms with van der Waals surface area (Å²) in [6.45, 7) is 8.78. The van der Waals surface area contributed by atoms with E-state index in [4.69, 9.17) is 9.47 Å². The maximum absolute atomic E-state index is 5.56. The monoisotopic (exact) mass is 354 g/mol. The predicted molar refractivity (Wildman–Crippen MR) is 105 cm³/mol. The molecule has 1 aliphatic rings. The Balaban J connectivity index is 1.74. The lowest BCUT2D eigenvalue weighted by Gasteiger charge is -2.24. The lowest BCUT2D eigenvalue weighted by Crippen LogP contribution is -3.12. The van der Waals surface area contributed by atoms with Gasteiger partial charge in [-0.3, -0.25) is 5.43 Å². The zero-order chi connectivity index (χ0) is 18.4. The summed E-state index contributed by atoms with van der Waals surface area (Å²) in [5.41, 5.74) is 8.63. The van der Waals surface area contributed by atoms with E-state index in [-0.39, 0.29) is 0 Å². The molecular weight excluding hydrogens is 326 g/mol. The van der Waals surface area contributed by atoms with Crippen molar-refractivity contribution in [1.29, 1.82) is 0 Å². The number of rotatable bonds is 6. The fourth-order valence-corrected chi connectivity index (χ4v) is 3.09. The van der Waals surface area contributed by atoms with Crippen LogP contribution in [-0.2, 0) is 11.3 Å². The molecule has 0 bridgehead atoms. The smallest absolute Gasteiger partial charge is 0.127 e. The van der Waals surface area contributed by atoms with Gasteiger partial charge >= 0.3 is 0 Å². The van der Waals surface area contributed by atoms with Crippen LogP contribution < -0.4 is 15.1 Å². The number of benzene rings is 2. The molecular formula is C21H28N3O2+. The molecule has 0 aliphatic carbocycles. The van der Waals surface area contributed by atoms with Crippen LogP contribution in [0.3, 0.4) is 0 Å². The quantitative estimate of drug-likeness (QED) is 0.618. The number of hydrogen-bond donors (Lipinski definition) is 2. The molecule has 5 heteroatoms. The van der Waals surface area contributed by atoms with Gasteiger partial charge in [0.05, 0.1) is 31.7 Å². The molecule has 2 N–H and O–H groups in total. The van der Waals surface area contributed by atoms with Gasteiger partial charge in [-0.15, -0.1) is 0 Å². The third kappa shape index (κ3) is 4.84. The maximum Gasteiger partial charge on any atom is 0.127 e. The Bertz CT molecular complexity index is 750. The first-order valence-corrected chi connectivity index (χ1v) is 9.11. The van der Waals surface area contributed by atoms with Crippen molar-refractivity contribution < 1.29 is 14.4 Å². The minimum Gasteiger partial charge on any atom is -0.496 e. The van der Waals surface area contributed by atoms with Gasteiger partial charge in [-0.25, -0.2) is 0 Å². The molecule has 138 valence electrons. The minimum absolute atomic E-state index is 0.832. The number of anilines is 1. The van der Waals surface area contributed by atoms with Crippen molar-refractivity contribution >= 4 is 11.4 Å². The first-order chi connectivity index (χ1) is 12.7. The molecule has 1 heterocycles. The third-order valence-corrected chi connectivity index (χ3v) is 4.74. The Morgan fingerprint density at radius 1 is 1.15 bits per heavy atom. The van der Waals surface area contributed by atoms with Gasteiger partial charge < -0.3 is 14.4 Å². The van der Waals surface area contributed by atoms with Crippen molar-refractivity contribution in [2.45, 2.75) is 20.4 Å². The van der Waals surface area contributed by atoms with E-state index in [1.807, 2.05) is 25.1 Å². The standard InChI is InChI=1S/C21H27N3O2/c1-16-4-7-20(8-5-16)23-22-17(2)18-6-9-21(25-3)19(14-18)15-24-10-12-26-13-11-24/h4-9,14,23H,10-13,15H2,1-3H3/p+1/b22-17-. The lowest BCUT2D eigenvalue weighted by atomic mass is 10.1. The molecule has 0 spiro atoms. The van der Waals surface area contributed by atoms with Crippen LogP contribution in [0.5, 0.6) is 5.75 Å². The Hall–Kier alpha value is -2.37. The molecule has 0 radical (unpaired) electrons. The summed E-state index contributed by atoms with van der Waals surface area (Å²) >= 11 is 0. The Morgan fingerprint density at radius 2 is 1.88 bits per heavy atom. The summed E-state index contributed by atoms with van der Waals surface area (Å²) in [5.74, 6) is 0.937. The molecule has 0 saturated carbocycles. The van der Waals surface area contributed by atoms with Crippen molar-refractivity contribution in [1.82, 2.24) is 0 Å². The minimum atomic E-state index is 0.832. The Kier molecular flexibility index (Phi) is 6.26. The number of nitrogens with zero attached hydrogens (tertiary/aromatic N) is 1. The third-order valence-electron chi connectivity index (χ3n) is 4.74. The van der Waals surface area contributed by atoms with Crippen LogP contribution in [0.1, 0.15) is 23.6 Å². The van der Waals surface area contributed by atoms with E-state index < -0.39 is 0 Å². The number of ether oxygens (including phenoxy) is 2. The average Bonchev–Trinajstić information content (AvgIpc) is 2.68. The highest BCUT2D eigenvalue weighted by Crippen LogP contribution is 2.20. The predicted octanol–water partition coefficient (Wildman–Crippen LogP) is 2.25. The van der Waals surface area contributed by atoms with E-state index >= 15 is 0 Å². The van der Waals surface area contributed by atoms with Gasteiger partial charge in [0.25, 0.3) is 0 Å². The summed E-state index contributed by atoms with van der Waals surface area (Å²) in [6.07, 6.45) is 0. The van der Waals surface area contributed by atoms with Crippen LogP contribution in [0.15, 0.2) is 47.6 Å². The number of methoxy groups -OCH3 is 1. The molecule has 2 aromatic carbocycles. The van der Waals surface area contributed by atoms with Crippen LogP contribution in [0, 0.1) is 6.92 Å². The SMILES string of the molecule is COc1ccc(/C(C)=N\Nc2ccc(C)cc2)cc1C[NH+]1CCOCC1. The second-order valence-electron chi connectivity index (χ2n) is 6.74. The molecule has 1 saturated heterocycles. The molecule has 26 heavy (non-hydrogen) atoms. The lowest BCUT2D eigenvalue weighted by molar-refractivity contribution is -0.921. The highest BCUT2D eigenvalue weighted by molar-refractivity contribution is 5.99. The second-order valence-corrected chi connectivity index (χ2v) is 6.74. The van der Waals surface area contributed by atoms with E-state index in [1.165, 1.54) is 16.0 Å². The van der Waals surface area contributed by atoms with Crippen LogP contribution in [0.2, 0.25) is 0 Å².